The topological polar surface area (TPSA) is 64.7 Å². The third kappa shape index (κ3) is 2.61. The molecule has 0 fully saturated rings. The molecule has 0 aromatic heterocycles. The van der Waals surface area contributed by atoms with E-state index in [-0.39, 0.29) is 0 Å². The second kappa shape index (κ2) is 5.00. The van der Waals surface area contributed by atoms with E-state index in [0.29, 0.717) is 11.5 Å². The third-order valence-corrected chi connectivity index (χ3v) is 2.31. The maximum Gasteiger partial charge on any atom is 0.161 e. The smallest absolute Gasteiger partial charge is 0.161 e. The molecule has 0 saturated heterocycles. The van der Waals surface area contributed by atoms with Crippen molar-refractivity contribution >= 4 is 0 Å². The Hall–Kier alpha value is -1.26. The van der Waals surface area contributed by atoms with Crippen molar-refractivity contribution in [2.24, 2.45) is 5.73 Å². The molecule has 0 radical (unpaired) electrons. The zero-order valence-corrected chi connectivity index (χ0v) is 9.23. The summed E-state index contributed by atoms with van der Waals surface area (Å²) in [4.78, 5) is 0. The first-order chi connectivity index (χ1) is 7.10. The van der Waals surface area contributed by atoms with Gasteiger partial charge < -0.3 is 20.3 Å². The first-order valence-electron chi connectivity index (χ1n) is 4.75. The van der Waals surface area contributed by atoms with Gasteiger partial charge in [0.25, 0.3) is 0 Å². The van der Waals surface area contributed by atoms with E-state index in [9.17, 15) is 5.11 Å². The van der Waals surface area contributed by atoms with Gasteiger partial charge in [0.05, 0.1) is 26.4 Å². The number of rotatable bonds is 4. The third-order valence-electron chi connectivity index (χ3n) is 2.31. The fourth-order valence-corrected chi connectivity index (χ4v) is 1.34. The van der Waals surface area contributed by atoms with Crippen molar-refractivity contribution < 1.29 is 14.6 Å². The second-order valence-electron chi connectivity index (χ2n) is 3.38. The highest BCUT2D eigenvalue weighted by atomic mass is 16.5. The van der Waals surface area contributed by atoms with E-state index < -0.39 is 12.1 Å². The summed E-state index contributed by atoms with van der Waals surface area (Å²) in [7, 11) is 3.14. The van der Waals surface area contributed by atoms with Gasteiger partial charge in [-0.1, -0.05) is 6.07 Å². The van der Waals surface area contributed by atoms with Gasteiger partial charge in [-0.3, -0.25) is 0 Å². The molecular weight excluding hydrogens is 194 g/mol. The molecule has 0 unspecified atom stereocenters. The summed E-state index contributed by atoms with van der Waals surface area (Å²) in [5, 5.41) is 9.37. The molecule has 0 aliphatic carbocycles. The van der Waals surface area contributed by atoms with Crippen molar-refractivity contribution in [2.45, 2.75) is 19.1 Å². The van der Waals surface area contributed by atoms with E-state index in [1.165, 1.54) is 0 Å². The van der Waals surface area contributed by atoms with Crippen molar-refractivity contribution in [2.75, 3.05) is 14.2 Å². The molecule has 1 rings (SSSR count). The van der Waals surface area contributed by atoms with Gasteiger partial charge in [0, 0.05) is 0 Å². The molecule has 3 N–H and O–H groups in total. The molecule has 1 aromatic carbocycles. The Kier molecular flexibility index (Phi) is 3.94. The van der Waals surface area contributed by atoms with E-state index in [1.54, 1.807) is 33.3 Å². The van der Waals surface area contributed by atoms with Crippen molar-refractivity contribution in [3.8, 4) is 11.5 Å². The molecule has 0 aliphatic rings. The SMILES string of the molecule is COc1ccc([C@@H](N)[C@H](C)O)cc1OC. The minimum absolute atomic E-state index is 0.412. The van der Waals surface area contributed by atoms with Crippen molar-refractivity contribution in [1.29, 1.82) is 0 Å². The van der Waals surface area contributed by atoms with Gasteiger partial charge in [0.2, 0.25) is 0 Å². The van der Waals surface area contributed by atoms with Crippen LogP contribution in [0.25, 0.3) is 0 Å². The molecule has 4 heteroatoms. The van der Waals surface area contributed by atoms with Crippen molar-refractivity contribution in [1.82, 2.24) is 0 Å². The summed E-state index contributed by atoms with van der Waals surface area (Å²) in [5.41, 5.74) is 6.63. The summed E-state index contributed by atoms with van der Waals surface area (Å²) >= 11 is 0. The van der Waals surface area contributed by atoms with Crippen LogP contribution >= 0.6 is 0 Å². The molecular formula is C11H17NO3. The number of aliphatic hydroxyl groups is 1. The molecule has 0 aliphatic heterocycles. The Balaban J connectivity index is 3.02. The number of aliphatic hydroxyl groups excluding tert-OH is 1. The van der Waals surface area contributed by atoms with Crippen LogP contribution in [0.4, 0.5) is 0 Å². The normalized spacial score (nSPS) is 14.5. The molecule has 4 nitrogen and oxygen atoms in total. The summed E-state index contributed by atoms with van der Waals surface area (Å²) in [6, 6.07) is 4.95. The van der Waals surface area contributed by atoms with Gasteiger partial charge in [-0.15, -0.1) is 0 Å². The van der Waals surface area contributed by atoms with Gasteiger partial charge >= 0.3 is 0 Å². The average molecular weight is 211 g/mol. The zero-order valence-electron chi connectivity index (χ0n) is 9.23. The molecule has 1 aromatic rings. The maximum absolute atomic E-state index is 9.37. The lowest BCUT2D eigenvalue weighted by molar-refractivity contribution is 0.164. The fourth-order valence-electron chi connectivity index (χ4n) is 1.34. The lowest BCUT2D eigenvalue weighted by Crippen LogP contribution is -2.23. The van der Waals surface area contributed by atoms with Crippen LogP contribution in [0.2, 0.25) is 0 Å². The molecule has 0 amide bonds. The summed E-state index contributed by atoms with van der Waals surface area (Å²) < 4.78 is 10.2. The Bertz CT molecular complexity index is 326. The number of nitrogens with two attached hydrogens (primary N) is 1. The van der Waals surface area contributed by atoms with Crippen LogP contribution < -0.4 is 15.2 Å². The summed E-state index contributed by atoms with van der Waals surface area (Å²) in [5.74, 6) is 1.27. The van der Waals surface area contributed by atoms with E-state index in [1.807, 2.05) is 6.07 Å². The Labute approximate surface area is 89.6 Å². The summed E-state index contributed by atoms with van der Waals surface area (Å²) in [6.07, 6.45) is -0.594. The van der Waals surface area contributed by atoms with Crippen molar-refractivity contribution in [3.63, 3.8) is 0 Å². The van der Waals surface area contributed by atoms with Crippen LogP contribution in [-0.2, 0) is 0 Å². The monoisotopic (exact) mass is 211 g/mol. The first-order valence-corrected chi connectivity index (χ1v) is 4.75. The Morgan fingerprint density at radius 2 is 1.80 bits per heavy atom. The largest absolute Gasteiger partial charge is 0.493 e. The van der Waals surface area contributed by atoms with Crippen LogP contribution in [-0.4, -0.2) is 25.4 Å². The Morgan fingerprint density at radius 3 is 2.27 bits per heavy atom. The number of hydrogen-bond acceptors (Lipinski definition) is 4. The quantitative estimate of drug-likeness (QED) is 0.782. The van der Waals surface area contributed by atoms with Gasteiger partial charge in [-0.05, 0) is 24.6 Å². The van der Waals surface area contributed by atoms with Crippen molar-refractivity contribution in [3.05, 3.63) is 23.8 Å². The van der Waals surface area contributed by atoms with E-state index in [0.717, 1.165) is 5.56 Å². The zero-order chi connectivity index (χ0) is 11.4. The minimum Gasteiger partial charge on any atom is -0.493 e. The van der Waals surface area contributed by atoms with Crippen LogP contribution in [0.15, 0.2) is 18.2 Å². The molecule has 15 heavy (non-hydrogen) atoms. The fraction of sp³-hybridized carbons (Fsp3) is 0.455. The number of benzene rings is 1. The molecule has 0 heterocycles. The van der Waals surface area contributed by atoms with Gasteiger partial charge in [0.15, 0.2) is 11.5 Å². The van der Waals surface area contributed by atoms with Gasteiger partial charge in [-0.2, -0.15) is 0 Å². The molecule has 84 valence electrons. The van der Waals surface area contributed by atoms with Crippen LogP contribution in [0.1, 0.15) is 18.5 Å². The van der Waals surface area contributed by atoms with Gasteiger partial charge in [0.1, 0.15) is 0 Å². The average Bonchev–Trinajstić information content (AvgIpc) is 2.26. The lowest BCUT2D eigenvalue weighted by atomic mass is 10.0. The number of hydrogen-bond donors (Lipinski definition) is 2. The second-order valence-corrected chi connectivity index (χ2v) is 3.38. The minimum atomic E-state index is -0.594. The maximum atomic E-state index is 9.37. The first kappa shape index (κ1) is 11.8. The Morgan fingerprint density at radius 1 is 1.20 bits per heavy atom. The number of methoxy groups -OCH3 is 2. The van der Waals surface area contributed by atoms with E-state index in [4.69, 9.17) is 15.2 Å². The summed E-state index contributed by atoms with van der Waals surface area (Å²) in [6.45, 7) is 1.65. The number of ether oxygens (including phenoxy) is 2. The van der Waals surface area contributed by atoms with E-state index in [2.05, 4.69) is 0 Å². The lowest BCUT2D eigenvalue weighted by Gasteiger charge is -2.17. The highest BCUT2D eigenvalue weighted by Crippen LogP contribution is 2.30. The van der Waals surface area contributed by atoms with Crippen LogP contribution in [0, 0.1) is 0 Å². The highest BCUT2D eigenvalue weighted by molar-refractivity contribution is 5.43. The molecule has 0 bridgehead atoms. The predicted octanol–water partition coefficient (Wildman–Crippen LogP) is 1.08. The standard InChI is InChI=1S/C11H17NO3/c1-7(13)11(12)8-4-5-9(14-2)10(6-8)15-3/h4-7,11,13H,12H2,1-3H3/t7-,11-/m0/s1. The predicted molar refractivity (Wildman–Crippen MR) is 58.2 cm³/mol. The molecule has 0 spiro atoms. The van der Waals surface area contributed by atoms with Gasteiger partial charge in [-0.25, -0.2) is 0 Å². The van der Waals surface area contributed by atoms with Crippen LogP contribution in [0.3, 0.4) is 0 Å². The molecule has 0 saturated carbocycles. The molecule has 2 atom stereocenters. The van der Waals surface area contributed by atoms with E-state index >= 15 is 0 Å². The van der Waals surface area contributed by atoms with Crippen LogP contribution in [0.5, 0.6) is 11.5 Å². The highest BCUT2D eigenvalue weighted by Gasteiger charge is 2.14.